The number of nitrogens with two attached hydrogens (primary N) is 1. The molecule has 3 N–H and O–H groups in total. The molecule has 4 nitrogen and oxygen atoms in total. The van der Waals surface area contributed by atoms with E-state index in [1.165, 1.54) is 0 Å². The van der Waals surface area contributed by atoms with Crippen LogP contribution in [0.15, 0.2) is 29.1 Å². The largest absolute Gasteiger partial charge is 0.444 e. The molecule has 0 fully saturated rings. The number of rotatable bonds is 3. The van der Waals surface area contributed by atoms with Crippen LogP contribution in [0.4, 0.5) is 0 Å². The van der Waals surface area contributed by atoms with Gasteiger partial charge in [0.1, 0.15) is 6.26 Å². The van der Waals surface area contributed by atoms with E-state index < -0.39 is 0 Å². The van der Waals surface area contributed by atoms with E-state index in [0.717, 1.165) is 17.7 Å². The summed E-state index contributed by atoms with van der Waals surface area (Å²) in [7, 11) is 0. The Balaban J connectivity index is 2.23. The van der Waals surface area contributed by atoms with E-state index in [4.69, 9.17) is 10.2 Å². The van der Waals surface area contributed by atoms with E-state index in [0.29, 0.717) is 12.4 Å². The van der Waals surface area contributed by atoms with Gasteiger partial charge in [-0.25, -0.2) is 4.98 Å². The maximum atomic E-state index is 5.40. The number of aromatic nitrogens is 2. The molecular weight excluding hydrogens is 166 g/mol. The fraction of sp³-hybridized carbons (Fsp3) is 0.222. The van der Waals surface area contributed by atoms with Crippen LogP contribution in [0.1, 0.15) is 5.69 Å². The zero-order valence-corrected chi connectivity index (χ0v) is 7.16. The standard InChI is InChI=1S/C9H11N3O/c10-3-1-8-6-13-9(12-8)7-2-4-11-5-7/h2,4-6,11H,1,3,10H2. The van der Waals surface area contributed by atoms with E-state index in [-0.39, 0.29) is 0 Å². The first-order chi connectivity index (χ1) is 6.40. The minimum atomic E-state index is 0.596. The first-order valence-corrected chi connectivity index (χ1v) is 4.18. The van der Waals surface area contributed by atoms with Crippen LogP contribution in [0.25, 0.3) is 11.5 Å². The Morgan fingerprint density at radius 3 is 3.15 bits per heavy atom. The lowest BCUT2D eigenvalue weighted by Crippen LogP contribution is -2.02. The van der Waals surface area contributed by atoms with E-state index in [1.54, 1.807) is 6.26 Å². The zero-order valence-electron chi connectivity index (χ0n) is 7.16. The highest BCUT2D eigenvalue weighted by Gasteiger charge is 2.05. The number of hydrogen-bond acceptors (Lipinski definition) is 3. The summed E-state index contributed by atoms with van der Waals surface area (Å²) in [6.45, 7) is 0.596. The van der Waals surface area contributed by atoms with Crippen LogP contribution in [0.2, 0.25) is 0 Å². The van der Waals surface area contributed by atoms with Crippen LogP contribution in [0, 0.1) is 0 Å². The van der Waals surface area contributed by atoms with E-state index >= 15 is 0 Å². The van der Waals surface area contributed by atoms with Crippen molar-refractivity contribution < 1.29 is 4.42 Å². The summed E-state index contributed by atoms with van der Waals surface area (Å²) < 4.78 is 5.27. The van der Waals surface area contributed by atoms with Crippen LogP contribution in [-0.4, -0.2) is 16.5 Å². The summed E-state index contributed by atoms with van der Waals surface area (Å²) in [5.74, 6) is 0.643. The summed E-state index contributed by atoms with van der Waals surface area (Å²) in [5, 5.41) is 0. The quantitative estimate of drug-likeness (QED) is 0.739. The molecule has 0 atom stereocenters. The Labute approximate surface area is 75.8 Å². The van der Waals surface area contributed by atoms with Gasteiger partial charge in [0.05, 0.1) is 11.3 Å². The summed E-state index contributed by atoms with van der Waals surface area (Å²) in [4.78, 5) is 7.22. The fourth-order valence-corrected chi connectivity index (χ4v) is 1.16. The molecule has 0 aliphatic carbocycles. The van der Waals surface area contributed by atoms with E-state index in [2.05, 4.69) is 9.97 Å². The number of aromatic amines is 1. The third-order valence-electron chi connectivity index (χ3n) is 1.80. The molecule has 0 bridgehead atoms. The monoisotopic (exact) mass is 177 g/mol. The fourth-order valence-electron chi connectivity index (χ4n) is 1.16. The first kappa shape index (κ1) is 8.07. The van der Waals surface area contributed by atoms with Crippen LogP contribution in [0.3, 0.4) is 0 Å². The molecule has 0 aliphatic rings. The van der Waals surface area contributed by atoms with Crippen molar-refractivity contribution in [3.05, 3.63) is 30.4 Å². The zero-order chi connectivity index (χ0) is 9.10. The number of nitrogens with one attached hydrogen (secondary N) is 1. The van der Waals surface area contributed by atoms with E-state index in [9.17, 15) is 0 Å². The molecule has 13 heavy (non-hydrogen) atoms. The van der Waals surface area contributed by atoms with Gasteiger partial charge in [-0.15, -0.1) is 0 Å². The number of H-pyrrole nitrogens is 1. The maximum absolute atomic E-state index is 5.40. The SMILES string of the molecule is NCCc1coc(-c2cc[nH]c2)n1. The van der Waals surface area contributed by atoms with Crippen molar-refractivity contribution in [3.8, 4) is 11.5 Å². The van der Waals surface area contributed by atoms with Gasteiger partial charge in [-0.2, -0.15) is 0 Å². The van der Waals surface area contributed by atoms with Crippen LogP contribution >= 0.6 is 0 Å². The minimum Gasteiger partial charge on any atom is -0.444 e. The molecular formula is C9H11N3O. The topological polar surface area (TPSA) is 67.8 Å². The van der Waals surface area contributed by atoms with Crippen molar-refractivity contribution in [1.82, 2.24) is 9.97 Å². The Bertz CT molecular complexity index is 364. The molecule has 68 valence electrons. The van der Waals surface area contributed by atoms with Crippen LogP contribution < -0.4 is 5.73 Å². The Kier molecular flexibility index (Phi) is 2.14. The molecule has 0 unspecified atom stereocenters. The molecule has 2 heterocycles. The predicted molar refractivity (Wildman–Crippen MR) is 49.0 cm³/mol. The molecule has 0 aliphatic heterocycles. The van der Waals surface area contributed by atoms with Crippen LogP contribution in [0.5, 0.6) is 0 Å². The van der Waals surface area contributed by atoms with Crippen LogP contribution in [-0.2, 0) is 6.42 Å². The molecule has 0 amide bonds. The lowest BCUT2D eigenvalue weighted by Gasteiger charge is -1.87. The Hall–Kier alpha value is -1.55. The van der Waals surface area contributed by atoms with Crippen molar-refractivity contribution in [2.75, 3.05) is 6.54 Å². The average Bonchev–Trinajstić information content (AvgIpc) is 2.70. The lowest BCUT2D eigenvalue weighted by atomic mass is 10.3. The predicted octanol–water partition coefficient (Wildman–Crippen LogP) is 1.17. The summed E-state index contributed by atoms with van der Waals surface area (Å²) in [6.07, 6.45) is 6.09. The number of hydrogen-bond donors (Lipinski definition) is 2. The van der Waals surface area contributed by atoms with Gasteiger partial charge in [0.2, 0.25) is 5.89 Å². The smallest absolute Gasteiger partial charge is 0.227 e. The summed E-state index contributed by atoms with van der Waals surface area (Å²) in [5.41, 5.74) is 7.26. The molecule has 0 radical (unpaired) electrons. The van der Waals surface area contributed by atoms with Gasteiger partial charge in [-0.05, 0) is 12.6 Å². The molecule has 0 spiro atoms. The average molecular weight is 177 g/mol. The van der Waals surface area contributed by atoms with Gasteiger partial charge in [-0.1, -0.05) is 0 Å². The van der Waals surface area contributed by atoms with Crippen molar-refractivity contribution in [1.29, 1.82) is 0 Å². The highest BCUT2D eigenvalue weighted by Crippen LogP contribution is 2.17. The number of oxazole rings is 1. The lowest BCUT2D eigenvalue weighted by molar-refractivity contribution is 0.572. The second-order valence-electron chi connectivity index (χ2n) is 2.78. The van der Waals surface area contributed by atoms with Gasteiger partial charge in [0.15, 0.2) is 0 Å². The molecule has 2 aromatic heterocycles. The highest BCUT2D eigenvalue weighted by atomic mass is 16.3. The van der Waals surface area contributed by atoms with Gasteiger partial charge in [0, 0.05) is 18.8 Å². The third kappa shape index (κ3) is 1.62. The van der Waals surface area contributed by atoms with Gasteiger partial charge in [-0.3, -0.25) is 0 Å². The second-order valence-corrected chi connectivity index (χ2v) is 2.78. The first-order valence-electron chi connectivity index (χ1n) is 4.18. The van der Waals surface area contributed by atoms with Gasteiger partial charge in [0.25, 0.3) is 0 Å². The van der Waals surface area contributed by atoms with Crippen molar-refractivity contribution >= 4 is 0 Å². The molecule has 0 aromatic carbocycles. The number of nitrogens with zero attached hydrogens (tertiary/aromatic N) is 1. The third-order valence-corrected chi connectivity index (χ3v) is 1.80. The van der Waals surface area contributed by atoms with Crippen molar-refractivity contribution in [2.24, 2.45) is 5.73 Å². The molecule has 0 saturated heterocycles. The van der Waals surface area contributed by atoms with Gasteiger partial charge >= 0.3 is 0 Å². The molecule has 4 heteroatoms. The molecule has 2 rings (SSSR count). The second kappa shape index (κ2) is 3.45. The molecule has 2 aromatic rings. The van der Waals surface area contributed by atoms with E-state index in [1.807, 2.05) is 18.5 Å². The van der Waals surface area contributed by atoms with Crippen molar-refractivity contribution in [3.63, 3.8) is 0 Å². The van der Waals surface area contributed by atoms with Crippen molar-refractivity contribution in [2.45, 2.75) is 6.42 Å². The summed E-state index contributed by atoms with van der Waals surface area (Å²) in [6, 6.07) is 1.91. The van der Waals surface area contributed by atoms with Gasteiger partial charge < -0.3 is 15.1 Å². The Morgan fingerprint density at radius 1 is 1.54 bits per heavy atom. The maximum Gasteiger partial charge on any atom is 0.227 e. The highest BCUT2D eigenvalue weighted by molar-refractivity contribution is 5.51. The normalized spacial score (nSPS) is 10.5. The Morgan fingerprint density at radius 2 is 2.46 bits per heavy atom. The molecule has 0 saturated carbocycles. The minimum absolute atomic E-state index is 0.596. The summed E-state index contributed by atoms with van der Waals surface area (Å²) >= 11 is 0.